The number of carbonyl (C=O) groups excluding carboxylic acids is 2. The van der Waals surface area contributed by atoms with Crippen LogP contribution in [0.1, 0.15) is 48.7 Å². The molecule has 5 nitrogen and oxygen atoms in total. The number of aromatic nitrogens is 1. The Hall–Kier alpha value is -1.43. The van der Waals surface area contributed by atoms with Crippen molar-refractivity contribution in [3.63, 3.8) is 0 Å². The average molecular weight is 295 g/mol. The molecule has 0 aliphatic carbocycles. The summed E-state index contributed by atoms with van der Waals surface area (Å²) in [6.07, 6.45) is 3.92. The predicted molar refractivity (Wildman–Crippen MR) is 80.4 cm³/mol. The van der Waals surface area contributed by atoms with Gasteiger partial charge in [-0.3, -0.25) is 9.59 Å². The van der Waals surface area contributed by atoms with E-state index in [-0.39, 0.29) is 11.7 Å². The van der Waals surface area contributed by atoms with E-state index in [1.807, 2.05) is 11.8 Å². The number of Topliss-reactive ketones (excluding diaryl/α,β-unsaturated/α-hetero) is 1. The fourth-order valence-corrected chi connectivity index (χ4v) is 3.36. The maximum absolute atomic E-state index is 12.0. The first-order valence-electron chi connectivity index (χ1n) is 7.08. The highest BCUT2D eigenvalue weighted by Gasteiger charge is 2.17. The zero-order valence-electron chi connectivity index (χ0n) is 12.1. The summed E-state index contributed by atoms with van der Waals surface area (Å²) in [4.78, 5) is 25.5. The molecule has 1 aliphatic heterocycles. The quantitative estimate of drug-likeness (QED) is 0.848. The predicted octanol–water partition coefficient (Wildman–Crippen LogP) is 2.47. The molecule has 0 bridgehead atoms. The van der Waals surface area contributed by atoms with E-state index in [0.29, 0.717) is 18.5 Å². The Labute approximate surface area is 123 Å². The van der Waals surface area contributed by atoms with Gasteiger partial charge in [-0.15, -0.1) is 0 Å². The maximum Gasteiger partial charge on any atom is 0.224 e. The second-order valence-electron chi connectivity index (χ2n) is 5.15. The molecule has 1 fully saturated rings. The minimum Gasteiger partial charge on any atom is -0.375 e. The van der Waals surface area contributed by atoms with Crippen LogP contribution in [0.3, 0.4) is 0 Å². The highest BCUT2D eigenvalue weighted by atomic mass is 32.1. The first-order valence-corrected chi connectivity index (χ1v) is 7.86. The van der Waals surface area contributed by atoms with Crippen molar-refractivity contribution in [1.29, 1.82) is 0 Å². The lowest BCUT2D eigenvalue weighted by molar-refractivity contribution is -0.131. The molecule has 2 rings (SSSR count). The van der Waals surface area contributed by atoms with Crippen LogP contribution in [0.2, 0.25) is 0 Å². The largest absolute Gasteiger partial charge is 0.375 e. The van der Waals surface area contributed by atoms with Crippen molar-refractivity contribution in [3.05, 3.63) is 11.3 Å². The molecule has 1 aromatic heterocycles. The van der Waals surface area contributed by atoms with Gasteiger partial charge in [-0.2, -0.15) is 4.37 Å². The molecule has 110 valence electrons. The molecular weight excluding hydrogens is 274 g/mol. The number of likely N-dealkylation sites (tertiary alicyclic amines) is 1. The first kappa shape index (κ1) is 15.0. The van der Waals surface area contributed by atoms with E-state index in [4.69, 9.17) is 0 Å². The maximum atomic E-state index is 12.0. The van der Waals surface area contributed by atoms with Gasteiger partial charge in [-0.05, 0) is 44.6 Å². The van der Waals surface area contributed by atoms with Crippen LogP contribution in [-0.4, -0.2) is 40.6 Å². The van der Waals surface area contributed by atoms with Crippen LogP contribution in [0.5, 0.6) is 0 Å². The second kappa shape index (κ2) is 6.83. The van der Waals surface area contributed by atoms with Gasteiger partial charge in [0.15, 0.2) is 5.78 Å². The highest BCUT2D eigenvalue weighted by molar-refractivity contribution is 7.10. The van der Waals surface area contributed by atoms with Gasteiger partial charge in [0.05, 0.1) is 11.3 Å². The van der Waals surface area contributed by atoms with E-state index < -0.39 is 0 Å². The van der Waals surface area contributed by atoms with Crippen molar-refractivity contribution in [2.75, 3.05) is 25.0 Å². The highest BCUT2D eigenvalue weighted by Crippen LogP contribution is 2.24. The Morgan fingerprint density at radius 1 is 1.30 bits per heavy atom. The Bertz CT molecular complexity index is 493. The normalized spacial score (nSPS) is 15.2. The zero-order chi connectivity index (χ0) is 14.5. The fourth-order valence-electron chi connectivity index (χ4n) is 2.49. The van der Waals surface area contributed by atoms with E-state index in [1.54, 1.807) is 6.92 Å². The number of nitrogens with zero attached hydrogens (tertiary/aromatic N) is 2. The summed E-state index contributed by atoms with van der Waals surface area (Å²) in [5.74, 6) is 0.212. The van der Waals surface area contributed by atoms with Crippen molar-refractivity contribution in [2.45, 2.75) is 39.5 Å². The molecule has 20 heavy (non-hydrogen) atoms. The van der Waals surface area contributed by atoms with Crippen LogP contribution < -0.4 is 5.32 Å². The van der Waals surface area contributed by atoms with Gasteiger partial charge in [0.2, 0.25) is 5.91 Å². The Kier molecular flexibility index (Phi) is 5.11. The van der Waals surface area contributed by atoms with Gasteiger partial charge < -0.3 is 10.2 Å². The third-order valence-corrected chi connectivity index (χ3v) is 4.44. The van der Waals surface area contributed by atoms with Gasteiger partial charge in [-0.25, -0.2) is 0 Å². The summed E-state index contributed by atoms with van der Waals surface area (Å²) in [5, 5.41) is 3.95. The van der Waals surface area contributed by atoms with E-state index in [2.05, 4.69) is 9.69 Å². The molecule has 0 saturated carbocycles. The van der Waals surface area contributed by atoms with Crippen molar-refractivity contribution in [1.82, 2.24) is 9.27 Å². The number of hydrogen-bond acceptors (Lipinski definition) is 5. The molecule has 1 aromatic rings. The van der Waals surface area contributed by atoms with Crippen molar-refractivity contribution < 1.29 is 9.59 Å². The monoisotopic (exact) mass is 295 g/mol. The second-order valence-corrected chi connectivity index (χ2v) is 5.92. The van der Waals surface area contributed by atoms with Gasteiger partial charge in [-0.1, -0.05) is 0 Å². The Morgan fingerprint density at radius 2 is 2.00 bits per heavy atom. The van der Waals surface area contributed by atoms with E-state index >= 15 is 0 Å². The summed E-state index contributed by atoms with van der Waals surface area (Å²) >= 11 is 1.28. The molecule has 2 heterocycles. The van der Waals surface area contributed by atoms with E-state index in [1.165, 1.54) is 18.0 Å². The molecule has 6 heteroatoms. The topological polar surface area (TPSA) is 62.3 Å². The first-order chi connectivity index (χ1) is 9.59. The fraction of sp³-hybridized carbons (Fsp3) is 0.643. The number of hydrogen-bond donors (Lipinski definition) is 1. The molecule has 1 N–H and O–H groups in total. The zero-order valence-corrected chi connectivity index (χ0v) is 12.9. The number of piperidine rings is 1. The van der Waals surface area contributed by atoms with Gasteiger partial charge in [0.25, 0.3) is 0 Å². The summed E-state index contributed by atoms with van der Waals surface area (Å²) < 4.78 is 4.19. The van der Waals surface area contributed by atoms with Crippen LogP contribution in [0.4, 0.5) is 5.00 Å². The molecule has 0 spiro atoms. The number of nitrogens with one attached hydrogen (secondary N) is 1. The number of ketones is 1. The average Bonchev–Trinajstić information content (AvgIpc) is 2.81. The molecule has 0 aromatic carbocycles. The Balaban J connectivity index is 1.83. The van der Waals surface area contributed by atoms with E-state index in [9.17, 15) is 9.59 Å². The molecule has 0 radical (unpaired) electrons. The minimum atomic E-state index is 0.0149. The van der Waals surface area contributed by atoms with Crippen molar-refractivity contribution >= 4 is 28.2 Å². The van der Waals surface area contributed by atoms with Gasteiger partial charge in [0, 0.05) is 26.1 Å². The van der Waals surface area contributed by atoms with Gasteiger partial charge in [0.1, 0.15) is 5.00 Å². The lowest BCUT2D eigenvalue weighted by Crippen LogP contribution is -2.36. The molecule has 0 atom stereocenters. The standard InChI is InChI=1S/C14H21N3O2S/c1-10-13(11(2)18)14(20-16-10)15-7-6-12(19)17-8-4-3-5-9-17/h15H,3-9H2,1-2H3. The van der Waals surface area contributed by atoms with Crippen molar-refractivity contribution in [2.24, 2.45) is 0 Å². The summed E-state index contributed by atoms with van der Waals surface area (Å²) in [6, 6.07) is 0. The SMILES string of the molecule is CC(=O)c1c(C)nsc1NCCC(=O)N1CCCCC1. The number of anilines is 1. The van der Waals surface area contributed by atoms with E-state index in [0.717, 1.165) is 36.6 Å². The third kappa shape index (κ3) is 3.56. The summed E-state index contributed by atoms with van der Waals surface area (Å²) in [6.45, 7) is 5.70. The molecule has 1 saturated heterocycles. The van der Waals surface area contributed by atoms with Crippen LogP contribution in [0.15, 0.2) is 0 Å². The summed E-state index contributed by atoms with van der Waals surface area (Å²) in [7, 11) is 0. The van der Waals surface area contributed by atoms with Crippen LogP contribution in [0, 0.1) is 6.92 Å². The molecular formula is C14H21N3O2S. The summed E-state index contributed by atoms with van der Waals surface area (Å²) in [5.41, 5.74) is 1.41. The van der Waals surface area contributed by atoms with Crippen LogP contribution in [0.25, 0.3) is 0 Å². The molecule has 1 amide bonds. The minimum absolute atomic E-state index is 0.0149. The third-order valence-electron chi connectivity index (χ3n) is 3.55. The van der Waals surface area contributed by atoms with Gasteiger partial charge >= 0.3 is 0 Å². The smallest absolute Gasteiger partial charge is 0.224 e. The lowest BCUT2D eigenvalue weighted by Gasteiger charge is -2.26. The lowest BCUT2D eigenvalue weighted by atomic mass is 10.1. The Morgan fingerprint density at radius 3 is 2.65 bits per heavy atom. The number of amides is 1. The number of aryl methyl sites for hydroxylation is 1. The van der Waals surface area contributed by atoms with Crippen LogP contribution >= 0.6 is 11.5 Å². The van der Waals surface area contributed by atoms with Crippen LogP contribution in [-0.2, 0) is 4.79 Å². The van der Waals surface area contributed by atoms with Crippen molar-refractivity contribution in [3.8, 4) is 0 Å². The number of rotatable bonds is 5. The molecule has 0 unspecified atom stereocenters. The number of carbonyl (C=O) groups is 2. The molecule has 1 aliphatic rings.